The second kappa shape index (κ2) is 7.06. The van der Waals surface area contributed by atoms with Crippen LogP contribution in [0.3, 0.4) is 0 Å². The molecule has 1 heterocycles. The Hall–Kier alpha value is -1.36. The molecular formula is C12H19N3OS. The lowest BCUT2D eigenvalue weighted by Gasteiger charge is -2.20. The topological polar surface area (TPSA) is 51.4 Å². The number of aromatic nitrogens is 1. The molecule has 0 aromatic carbocycles. The molecule has 4 nitrogen and oxygen atoms in total. The van der Waals surface area contributed by atoms with E-state index in [4.69, 9.17) is 22.7 Å². The van der Waals surface area contributed by atoms with Gasteiger partial charge in [0.05, 0.1) is 11.6 Å². The Bertz CT molecular complexity index is 371. The fourth-order valence-corrected chi connectivity index (χ4v) is 1.47. The van der Waals surface area contributed by atoms with E-state index in [0.717, 1.165) is 24.5 Å². The summed E-state index contributed by atoms with van der Waals surface area (Å²) in [6.07, 6.45) is 3.41. The summed E-state index contributed by atoms with van der Waals surface area (Å²) in [7, 11) is 1.96. The zero-order valence-corrected chi connectivity index (χ0v) is 11.2. The molecule has 0 fully saturated rings. The quantitative estimate of drug-likeness (QED) is 0.753. The summed E-state index contributed by atoms with van der Waals surface area (Å²) in [5, 5.41) is 0. The van der Waals surface area contributed by atoms with Crippen molar-refractivity contribution in [2.24, 2.45) is 5.73 Å². The lowest BCUT2D eigenvalue weighted by Crippen LogP contribution is -2.24. The number of pyridine rings is 1. The predicted molar refractivity (Wildman–Crippen MR) is 74.7 cm³/mol. The Morgan fingerprint density at radius 2 is 2.35 bits per heavy atom. The van der Waals surface area contributed by atoms with Crippen LogP contribution < -0.4 is 15.4 Å². The Morgan fingerprint density at radius 1 is 1.59 bits per heavy atom. The van der Waals surface area contributed by atoms with Gasteiger partial charge in [-0.2, -0.15) is 0 Å². The van der Waals surface area contributed by atoms with Gasteiger partial charge in [0.1, 0.15) is 0 Å². The monoisotopic (exact) mass is 253 g/mol. The van der Waals surface area contributed by atoms with Crippen LogP contribution in [0, 0.1) is 0 Å². The molecule has 94 valence electrons. The number of ether oxygens (including phenoxy) is 1. The van der Waals surface area contributed by atoms with Crippen molar-refractivity contribution in [1.29, 1.82) is 0 Å². The predicted octanol–water partition coefficient (Wildman–Crippen LogP) is 1.98. The fourth-order valence-electron chi connectivity index (χ4n) is 1.38. The van der Waals surface area contributed by atoms with E-state index in [-0.39, 0.29) is 0 Å². The molecule has 0 radical (unpaired) electrons. The number of rotatable bonds is 7. The number of nitrogens with zero attached hydrogens (tertiary/aromatic N) is 2. The van der Waals surface area contributed by atoms with Gasteiger partial charge in [-0.1, -0.05) is 19.1 Å². The smallest absolute Gasteiger partial charge is 0.171 e. The largest absolute Gasteiger partial charge is 0.490 e. The zero-order valence-electron chi connectivity index (χ0n) is 10.3. The van der Waals surface area contributed by atoms with Crippen LogP contribution in [-0.4, -0.2) is 30.2 Å². The molecule has 1 rings (SSSR count). The molecule has 0 unspecified atom stereocenters. The maximum atomic E-state index is 5.65. The van der Waals surface area contributed by atoms with E-state index in [2.05, 4.69) is 11.9 Å². The molecule has 0 aliphatic rings. The summed E-state index contributed by atoms with van der Waals surface area (Å²) in [6, 6.07) is 3.80. The van der Waals surface area contributed by atoms with Crippen LogP contribution >= 0.6 is 12.2 Å². The second-order valence-electron chi connectivity index (χ2n) is 3.81. The van der Waals surface area contributed by atoms with E-state index >= 15 is 0 Å². The highest BCUT2D eigenvalue weighted by molar-refractivity contribution is 7.80. The van der Waals surface area contributed by atoms with Crippen LogP contribution in [0.15, 0.2) is 18.3 Å². The van der Waals surface area contributed by atoms with E-state index < -0.39 is 0 Å². The van der Waals surface area contributed by atoms with Gasteiger partial charge in [0.25, 0.3) is 0 Å². The van der Waals surface area contributed by atoms with Crippen molar-refractivity contribution in [3.8, 4) is 5.75 Å². The minimum atomic E-state index is 0.517. The number of nitrogens with two attached hydrogens (primary N) is 1. The molecule has 0 aliphatic heterocycles. The minimum Gasteiger partial charge on any atom is -0.490 e. The van der Waals surface area contributed by atoms with Crippen molar-refractivity contribution in [3.63, 3.8) is 0 Å². The van der Waals surface area contributed by atoms with Crippen molar-refractivity contribution in [2.45, 2.75) is 19.8 Å². The molecule has 0 bridgehead atoms. The van der Waals surface area contributed by atoms with Crippen LogP contribution in [0.4, 0.5) is 5.82 Å². The summed E-state index contributed by atoms with van der Waals surface area (Å²) < 4.78 is 5.65. The highest BCUT2D eigenvalue weighted by atomic mass is 32.1. The molecule has 0 aliphatic carbocycles. The van der Waals surface area contributed by atoms with Gasteiger partial charge in [0.2, 0.25) is 0 Å². The number of hydrogen-bond acceptors (Lipinski definition) is 4. The third-order valence-electron chi connectivity index (χ3n) is 2.27. The highest BCUT2D eigenvalue weighted by Gasteiger charge is 2.09. The van der Waals surface area contributed by atoms with Gasteiger partial charge in [-0.05, 0) is 18.6 Å². The van der Waals surface area contributed by atoms with Gasteiger partial charge in [-0.3, -0.25) is 0 Å². The van der Waals surface area contributed by atoms with Crippen molar-refractivity contribution in [2.75, 3.05) is 25.1 Å². The van der Waals surface area contributed by atoms with Crippen LogP contribution in [0.25, 0.3) is 0 Å². The van der Waals surface area contributed by atoms with Gasteiger partial charge >= 0.3 is 0 Å². The van der Waals surface area contributed by atoms with E-state index in [1.165, 1.54) is 0 Å². The van der Waals surface area contributed by atoms with Crippen molar-refractivity contribution >= 4 is 23.0 Å². The summed E-state index contributed by atoms with van der Waals surface area (Å²) in [4.78, 5) is 6.85. The van der Waals surface area contributed by atoms with Crippen LogP contribution in [0.2, 0.25) is 0 Å². The summed E-state index contributed by atoms with van der Waals surface area (Å²) in [5.74, 6) is 1.64. The van der Waals surface area contributed by atoms with Gasteiger partial charge < -0.3 is 15.4 Å². The second-order valence-corrected chi connectivity index (χ2v) is 4.34. The molecule has 5 heteroatoms. The maximum Gasteiger partial charge on any atom is 0.171 e. The molecule has 17 heavy (non-hydrogen) atoms. The highest BCUT2D eigenvalue weighted by Crippen LogP contribution is 2.24. The molecule has 0 saturated heterocycles. The SMILES string of the molecule is CCCOc1cccnc1N(C)CCC(N)=S. The average molecular weight is 253 g/mol. The Balaban J connectivity index is 2.70. The summed E-state index contributed by atoms with van der Waals surface area (Å²) in [5.41, 5.74) is 5.49. The Morgan fingerprint density at radius 3 is 3.00 bits per heavy atom. The molecule has 0 atom stereocenters. The van der Waals surface area contributed by atoms with Gasteiger partial charge in [0.15, 0.2) is 11.6 Å². The lowest BCUT2D eigenvalue weighted by atomic mass is 10.3. The molecule has 2 N–H and O–H groups in total. The molecule has 0 saturated carbocycles. The van der Waals surface area contributed by atoms with E-state index in [1.807, 2.05) is 24.1 Å². The molecule has 1 aromatic heterocycles. The first-order valence-electron chi connectivity index (χ1n) is 5.72. The first-order chi connectivity index (χ1) is 8.15. The van der Waals surface area contributed by atoms with Gasteiger partial charge in [-0.15, -0.1) is 0 Å². The Labute approximate surface area is 108 Å². The van der Waals surface area contributed by atoms with Crippen LogP contribution in [-0.2, 0) is 0 Å². The number of thiocarbonyl (C=S) groups is 1. The van der Waals surface area contributed by atoms with E-state index in [0.29, 0.717) is 18.0 Å². The average Bonchev–Trinajstić information content (AvgIpc) is 2.33. The standard InChI is InChI=1S/C12H19N3OS/c1-3-9-16-10-5-4-7-14-12(10)15(2)8-6-11(13)17/h4-5,7H,3,6,8-9H2,1-2H3,(H2,13,17). The molecule has 0 spiro atoms. The van der Waals surface area contributed by atoms with Crippen LogP contribution in [0.1, 0.15) is 19.8 Å². The minimum absolute atomic E-state index is 0.517. The normalized spacial score (nSPS) is 10.0. The maximum absolute atomic E-state index is 5.65. The first kappa shape index (κ1) is 13.7. The fraction of sp³-hybridized carbons (Fsp3) is 0.500. The van der Waals surface area contributed by atoms with Crippen molar-refractivity contribution in [3.05, 3.63) is 18.3 Å². The van der Waals surface area contributed by atoms with Gasteiger partial charge in [-0.25, -0.2) is 4.98 Å². The van der Waals surface area contributed by atoms with Gasteiger partial charge in [0, 0.05) is 26.2 Å². The third-order valence-corrected chi connectivity index (χ3v) is 2.47. The van der Waals surface area contributed by atoms with Crippen LogP contribution in [0.5, 0.6) is 5.75 Å². The molecule has 0 amide bonds. The lowest BCUT2D eigenvalue weighted by molar-refractivity contribution is 0.317. The number of anilines is 1. The first-order valence-corrected chi connectivity index (χ1v) is 6.13. The Kier molecular flexibility index (Phi) is 5.69. The zero-order chi connectivity index (χ0) is 12.7. The summed E-state index contributed by atoms with van der Waals surface area (Å²) >= 11 is 4.87. The summed E-state index contributed by atoms with van der Waals surface area (Å²) in [6.45, 7) is 3.52. The third kappa shape index (κ3) is 4.56. The molecule has 1 aromatic rings. The van der Waals surface area contributed by atoms with E-state index in [1.54, 1.807) is 6.20 Å². The number of hydrogen-bond donors (Lipinski definition) is 1. The van der Waals surface area contributed by atoms with Crippen molar-refractivity contribution < 1.29 is 4.74 Å². The van der Waals surface area contributed by atoms with Crippen molar-refractivity contribution in [1.82, 2.24) is 4.98 Å². The molecular weight excluding hydrogens is 234 g/mol. The van der Waals surface area contributed by atoms with E-state index in [9.17, 15) is 0 Å².